The highest BCUT2D eigenvalue weighted by atomic mass is 35.5. The maximum atomic E-state index is 12.3. The molecular formula is C16H14ClN3O2. The van der Waals surface area contributed by atoms with E-state index >= 15 is 0 Å². The number of hydrogen-bond acceptors (Lipinski definition) is 3. The molecule has 0 aliphatic heterocycles. The Kier molecular flexibility index (Phi) is 4.09. The third-order valence-corrected chi connectivity index (χ3v) is 3.68. The van der Waals surface area contributed by atoms with Crippen molar-refractivity contribution in [1.82, 2.24) is 15.5 Å². The van der Waals surface area contributed by atoms with Crippen LogP contribution in [0.15, 0.2) is 48.7 Å². The Hall–Kier alpha value is -2.37. The number of para-hydroxylation sites is 1. The minimum atomic E-state index is -0.790. The predicted octanol–water partition coefficient (Wildman–Crippen LogP) is 2.68. The number of nitrogens with one attached hydrogen (secondary N) is 2. The van der Waals surface area contributed by atoms with E-state index in [1.54, 1.807) is 42.6 Å². The highest BCUT2D eigenvalue weighted by Gasteiger charge is 2.13. The Morgan fingerprint density at radius 1 is 1.27 bits per heavy atom. The van der Waals surface area contributed by atoms with Crippen molar-refractivity contribution in [3.8, 4) is 0 Å². The second-order valence-electron chi connectivity index (χ2n) is 4.92. The molecule has 3 rings (SSSR count). The molecule has 1 heterocycles. The number of aliphatic hydroxyl groups is 1. The maximum Gasteiger partial charge on any atom is 0.253 e. The molecule has 1 unspecified atom stereocenters. The van der Waals surface area contributed by atoms with E-state index in [9.17, 15) is 9.90 Å². The maximum absolute atomic E-state index is 12.3. The van der Waals surface area contributed by atoms with Gasteiger partial charge in [0.1, 0.15) is 0 Å². The number of hydrogen-bond donors (Lipinski definition) is 3. The Balaban J connectivity index is 1.69. The highest BCUT2D eigenvalue weighted by Crippen LogP contribution is 2.17. The number of aromatic nitrogens is 2. The number of carbonyl (C=O) groups is 1. The normalized spacial score (nSPS) is 12.3. The van der Waals surface area contributed by atoms with Crippen LogP contribution in [-0.4, -0.2) is 27.8 Å². The monoisotopic (exact) mass is 315 g/mol. The molecule has 0 saturated heterocycles. The van der Waals surface area contributed by atoms with Gasteiger partial charge in [-0.25, -0.2) is 0 Å². The molecule has 0 saturated carbocycles. The third-order valence-electron chi connectivity index (χ3n) is 3.43. The van der Waals surface area contributed by atoms with Gasteiger partial charge in [0.25, 0.3) is 5.91 Å². The summed E-state index contributed by atoms with van der Waals surface area (Å²) in [5, 5.41) is 21.0. The van der Waals surface area contributed by atoms with Gasteiger partial charge in [0.05, 0.1) is 23.4 Å². The van der Waals surface area contributed by atoms with Gasteiger partial charge < -0.3 is 10.4 Å². The van der Waals surface area contributed by atoms with Crippen LogP contribution < -0.4 is 5.32 Å². The first-order valence-electron chi connectivity index (χ1n) is 6.79. The minimum Gasteiger partial charge on any atom is -0.387 e. The molecule has 3 N–H and O–H groups in total. The van der Waals surface area contributed by atoms with Crippen molar-refractivity contribution < 1.29 is 9.90 Å². The number of amides is 1. The summed E-state index contributed by atoms with van der Waals surface area (Å²) >= 11 is 5.81. The zero-order chi connectivity index (χ0) is 15.5. The number of carbonyl (C=O) groups excluding carboxylic acids is 1. The summed E-state index contributed by atoms with van der Waals surface area (Å²) in [6, 6.07) is 12.2. The number of H-pyrrole nitrogens is 1. The van der Waals surface area contributed by atoms with Gasteiger partial charge in [0.2, 0.25) is 0 Å². The molecule has 0 aliphatic carbocycles. The van der Waals surface area contributed by atoms with E-state index in [2.05, 4.69) is 15.5 Å². The molecule has 3 aromatic rings. The average molecular weight is 316 g/mol. The first-order valence-corrected chi connectivity index (χ1v) is 7.17. The van der Waals surface area contributed by atoms with Crippen LogP contribution >= 0.6 is 11.6 Å². The Morgan fingerprint density at radius 3 is 2.82 bits per heavy atom. The summed E-state index contributed by atoms with van der Waals surface area (Å²) in [5.74, 6) is -0.261. The lowest BCUT2D eigenvalue weighted by Crippen LogP contribution is -2.28. The van der Waals surface area contributed by atoms with E-state index < -0.39 is 6.10 Å². The van der Waals surface area contributed by atoms with Crippen LogP contribution in [0, 0.1) is 0 Å². The molecule has 0 spiro atoms. The SMILES string of the molecule is O=C(NCC(O)c1ccc(Cl)cc1)c1cccc2cn[nH]c12. The highest BCUT2D eigenvalue weighted by molar-refractivity contribution is 6.30. The number of fused-ring (bicyclic) bond motifs is 1. The zero-order valence-corrected chi connectivity index (χ0v) is 12.3. The van der Waals surface area contributed by atoms with Crippen molar-refractivity contribution in [1.29, 1.82) is 0 Å². The number of nitrogens with zero attached hydrogens (tertiary/aromatic N) is 1. The lowest BCUT2D eigenvalue weighted by molar-refractivity contribution is 0.0918. The summed E-state index contributed by atoms with van der Waals surface area (Å²) in [6.45, 7) is 0.116. The van der Waals surface area contributed by atoms with Crippen molar-refractivity contribution >= 4 is 28.4 Å². The van der Waals surface area contributed by atoms with E-state index in [0.29, 0.717) is 21.7 Å². The third kappa shape index (κ3) is 2.95. The van der Waals surface area contributed by atoms with Crippen LogP contribution in [0.3, 0.4) is 0 Å². The van der Waals surface area contributed by atoms with Crippen LogP contribution in [0.4, 0.5) is 0 Å². The smallest absolute Gasteiger partial charge is 0.253 e. The van der Waals surface area contributed by atoms with Gasteiger partial charge in [-0.05, 0) is 23.8 Å². The number of benzene rings is 2. The first-order chi connectivity index (χ1) is 10.6. The van der Waals surface area contributed by atoms with Crippen LogP contribution in [0.5, 0.6) is 0 Å². The standard InChI is InChI=1S/C16H14ClN3O2/c17-12-6-4-10(5-7-12)14(21)9-18-16(22)13-3-1-2-11-8-19-20-15(11)13/h1-8,14,21H,9H2,(H,18,22)(H,19,20). The average Bonchev–Trinajstić information content (AvgIpc) is 3.01. The summed E-state index contributed by atoms with van der Waals surface area (Å²) in [6.07, 6.45) is 0.872. The van der Waals surface area contributed by atoms with Crippen LogP contribution in [0.1, 0.15) is 22.0 Å². The molecule has 1 amide bonds. The number of aliphatic hydroxyl groups excluding tert-OH is 1. The van der Waals surface area contributed by atoms with Crippen LogP contribution in [0.2, 0.25) is 5.02 Å². The summed E-state index contributed by atoms with van der Waals surface area (Å²) < 4.78 is 0. The molecule has 112 valence electrons. The fourth-order valence-corrected chi connectivity index (χ4v) is 2.37. The first kappa shape index (κ1) is 14.6. The van der Waals surface area contributed by atoms with Gasteiger partial charge in [-0.2, -0.15) is 5.10 Å². The van der Waals surface area contributed by atoms with Crippen molar-refractivity contribution in [3.63, 3.8) is 0 Å². The van der Waals surface area contributed by atoms with Crippen molar-refractivity contribution in [2.24, 2.45) is 0 Å². The lowest BCUT2D eigenvalue weighted by atomic mass is 10.1. The molecule has 0 fully saturated rings. The molecule has 2 aromatic carbocycles. The van der Waals surface area contributed by atoms with Crippen molar-refractivity contribution in [2.75, 3.05) is 6.54 Å². The van der Waals surface area contributed by atoms with Gasteiger partial charge >= 0.3 is 0 Å². The number of aromatic amines is 1. The van der Waals surface area contributed by atoms with Gasteiger partial charge in [0.15, 0.2) is 0 Å². The molecule has 0 bridgehead atoms. The van der Waals surface area contributed by atoms with Gasteiger partial charge in [-0.1, -0.05) is 35.9 Å². The number of rotatable bonds is 4. The molecular weight excluding hydrogens is 302 g/mol. The van der Waals surface area contributed by atoms with Crippen LogP contribution in [0.25, 0.3) is 10.9 Å². The number of halogens is 1. The molecule has 0 radical (unpaired) electrons. The Bertz CT molecular complexity index is 799. The molecule has 1 atom stereocenters. The second kappa shape index (κ2) is 6.17. The van der Waals surface area contributed by atoms with E-state index in [1.807, 2.05) is 6.07 Å². The largest absolute Gasteiger partial charge is 0.387 e. The van der Waals surface area contributed by atoms with Gasteiger partial charge in [-0.3, -0.25) is 9.89 Å². The molecule has 5 nitrogen and oxygen atoms in total. The molecule has 6 heteroatoms. The van der Waals surface area contributed by atoms with E-state index in [1.165, 1.54) is 0 Å². The predicted molar refractivity (Wildman–Crippen MR) is 84.8 cm³/mol. The summed E-state index contributed by atoms with van der Waals surface area (Å²) in [5.41, 5.74) is 1.88. The van der Waals surface area contributed by atoms with Gasteiger partial charge in [-0.15, -0.1) is 0 Å². The topological polar surface area (TPSA) is 78.0 Å². The second-order valence-corrected chi connectivity index (χ2v) is 5.35. The minimum absolute atomic E-state index is 0.116. The van der Waals surface area contributed by atoms with Crippen molar-refractivity contribution in [2.45, 2.75) is 6.10 Å². The fraction of sp³-hybridized carbons (Fsp3) is 0.125. The molecule has 0 aliphatic rings. The van der Waals surface area contributed by atoms with Crippen molar-refractivity contribution in [3.05, 3.63) is 64.8 Å². The Labute approximate surface area is 131 Å². The molecule has 22 heavy (non-hydrogen) atoms. The summed E-state index contributed by atoms with van der Waals surface area (Å²) in [7, 11) is 0. The van der Waals surface area contributed by atoms with E-state index in [0.717, 1.165) is 5.39 Å². The zero-order valence-electron chi connectivity index (χ0n) is 11.6. The van der Waals surface area contributed by atoms with E-state index in [-0.39, 0.29) is 12.5 Å². The Morgan fingerprint density at radius 2 is 2.05 bits per heavy atom. The lowest BCUT2D eigenvalue weighted by Gasteiger charge is -2.12. The van der Waals surface area contributed by atoms with E-state index in [4.69, 9.17) is 11.6 Å². The molecule has 1 aromatic heterocycles. The quantitative estimate of drug-likeness (QED) is 0.692. The summed E-state index contributed by atoms with van der Waals surface area (Å²) in [4.78, 5) is 12.3. The van der Waals surface area contributed by atoms with Gasteiger partial charge in [0, 0.05) is 17.0 Å². The fourth-order valence-electron chi connectivity index (χ4n) is 2.25. The van der Waals surface area contributed by atoms with Crippen LogP contribution in [-0.2, 0) is 0 Å².